The summed E-state index contributed by atoms with van der Waals surface area (Å²) in [4.78, 5) is 16.6. The maximum absolute atomic E-state index is 12.3. The third-order valence-corrected chi connectivity index (χ3v) is 4.49. The quantitative estimate of drug-likeness (QED) is 0.523. The Labute approximate surface area is 150 Å². The van der Waals surface area contributed by atoms with E-state index < -0.39 is 5.97 Å². The number of nitrogens with zero attached hydrogens (tertiary/aromatic N) is 5. The molecule has 8 heteroatoms. The fraction of sp³-hybridized carbons (Fsp3) is 0.333. The zero-order valence-electron chi connectivity index (χ0n) is 14.9. The summed E-state index contributed by atoms with van der Waals surface area (Å²) < 4.78 is 14.3. The first kappa shape index (κ1) is 16.3. The molecule has 26 heavy (non-hydrogen) atoms. The second kappa shape index (κ2) is 6.29. The van der Waals surface area contributed by atoms with Gasteiger partial charge in [0.2, 0.25) is 0 Å². The van der Waals surface area contributed by atoms with Crippen molar-refractivity contribution in [1.82, 2.24) is 24.5 Å². The highest BCUT2D eigenvalue weighted by atomic mass is 16.5. The molecule has 0 aliphatic carbocycles. The van der Waals surface area contributed by atoms with Crippen LogP contribution in [0.25, 0.3) is 16.9 Å². The van der Waals surface area contributed by atoms with Crippen LogP contribution in [0.2, 0.25) is 0 Å². The van der Waals surface area contributed by atoms with Gasteiger partial charge in [0.1, 0.15) is 12.1 Å². The maximum Gasteiger partial charge on any atom is 0.358 e. The summed E-state index contributed by atoms with van der Waals surface area (Å²) in [6.45, 7) is 4.50. The average molecular weight is 353 g/mol. The van der Waals surface area contributed by atoms with Crippen molar-refractivity contribution in [2.24, 2.45) is 0 Å². The summed E-state index contributed by atoms with van der Waals surface area (Å²) in [6.07, 6.45) is 2.40. The third kappa shape index (κ3) is 2.37. The molecule has 0 fully saturated rings. The lowest BCUT2D eigenvalue weighted by molar-refractivity contribution is 0.0518. The fourth-order valence-corrected chi connectivity index (χ4v) is 3.28. The zero-order chi connectivity index (χ0) is 18.3. The van der Waals surface area contributed by atoms with Gasteiger partial charge in [-0.05, 0) is 31.5 Å². The summed E-state index contributed by atoms with van der Waals surface area (Å²) in [7, 11) is 1.64. The molecule has 3 aromatic rings. The number of benzene rings is 1. The number of rotatable bonds is 4. The van der Waals surface area contributed by atoms with E-state index in [-0.39, 0.29) is 0 Å². The summed E-state index contributed by atoms with van der Waals surface area (Å²) in [5.74, 6) is 0.309. The Morgan fingerprint density at radius 1 is 1.31 bits per heavy atom. The van der Waals surface area contributed by atoms with E-state index in [0.717, 1.165) is 40.5 Å². The SMILES string of the molecule is CCOC(=O)c1ncn2c1Cn1nnc(CC)c1-c1cc(OC)ccc1-2. The average Bonchev–Trinajstić information content (AvgIpc) is 3.23. The number of hydrogen-bond acceptors (Lipinski definition) is 6. The third-order valence-electron chi connectivity index (χ3n) is 4.49. The predicted octanol–water partition coefficient (Wildman–Crippen LogP) is 2.24. The van der Waals surface area contributed by atoms with E-state index in [9.17, 15) is 4.79 Å². The molecule has 0 saturated carbocycles. The largest absolute Gasteiger partial charge is 0.497 e. The van der Waals surface area contributed by atoms with Crippen LogP contribution in [0.5, 0.6) is 5.75 Å². The van der Waals surface area contributed by atoms with E-state index in [2.05, 4.69) is 15.3 Å². The number of methoxy groups -OCH3 is 1. The molecular weight excluding hydrogens is 334 g/mol. The molecule has 2 aromatic heterocycles. The lowest BCUT2D eigenvalue weighted by atomic mass is 10.1. The molecule has 0 N–H and O–H groups in total. The van der Waals surface area contributed by atoms with Crippen molar-refractivity contribution in [2.45, 2.75) is 26.8 Å². The highest BCUT2D eigenvalue weighted by Gasteiger charge is 2.28. The van der Waals surface area contributed by atoms with E-state index in [1.807, 2.05) is 29.7 Å². The van der Waals surface area contributed by atoms with E-state index in [4.69, 9.17) is 9.47 Å². The van der Waals surface area contributed by atoms with Gasteiger partial charge in [0.25, 0.3) is 0 Å². The molecule has 134 valence electrons. The molecule has 0 bridgehead atoms. The summed E-state index contributed by atoms with van der Waals surface area (Å²) >= 11 is 0. The Balaban J connectivity index is 1.98. The van der Waals surface area contributed by atoms with Gasteiger partial charge in [-0.25, -0.2) is 14.5 Å². The fourth-order valence-electron chi connectivity index (χ4n) is 3.28. The van der Waals surface area contributed by atoms with Crippen LogP contribution < -0.4 is 4.74 Å². The minimum atomic E-state index is -0.435. The van der Waals surface area contributed by atoms with Gasteiger partial charge in [0, 0.05) is 5.56 Å². The van der Waals surface area contributed by atoms with Crippen LogP contribution in [0.1, 0.15) is 35.7 Å². The normalized spacial score (nSPS) is 12.0. The second-order valence-electron chi connectivity index (χ2n) is 5.91. The Morgan fingerprint density at radius 2 is 2.15 bits per heavy atom. The van der Waals surface area contributed by atoms with Gasteiger partial charge in [-0.2, -0.15) is 0 Å². The number of imidazole rings is 1. The van der Waals surface area contributed by atoms with E-state index in [1.165, 1.54) is 0 Å². The molecule has 4 rings (SSSR count). The summed E-state index contributed by atoms with van der Waals surface area (Å²) in [5.41, 5.74) is 4.70. The standard InChI is InChI=1S/C18H19N5O3/c1-4-13-17-12-8-11(25-3)6-7-14(12)22-10-19-16(18(24)26-5-2)15(22)9-23(17)21-20-13/h6-8,10H,4-5,9H2,1-3H3. The van der Waals surface area contributed by atoms with Crippen LogP contribution in [0.4, 0.5) is 0 Å². The van der Waals surface area contributed by atoms with Crippen LogP contribution in [-0.2, 0) is 17.7 Å². The maximum atomic E-state index is 12.3. The van der Waals surface area contributed by atoms with Crippen molar-refractivity contribution >= 4 is 5.97 Å². The lowest BCUT2D eigenvalue weighted by Gasteiger charge is -2.11. The van der Waals surface area contributed by atoms with Gasteiger partial charge in [-0.1, -0.05) is 12.1 Å². The Kier molecular flexibility index (Phi) is 3.95. The molecule has 0 atom stereocenters. The van der Waals surface area contributed by atoms with E-state index in [1.54, 1.807) is 25.0 Å². The van der Waals surface area contributed by atoms with Crippen molar-refractivity contribution in [3.05, 3.63) is 41.6 Å². The van der Waals surface area contributed by atoms with Crippen LogP contribution in [-0.4, -0.2) is 44.2 Å². The van der Waals surface area contributed by atoms with Crippen LogP contribution in [0.3, 0.4) is 0 Å². The molecule has 0 amide bonds. The van der Waals surface area contributed by atoms with Gasteiger partial charge < -0.3 is 9.47 Å². The summed E-state index contributed by atoms with van der Waals surface area (Å²) in [5, 5.41) is 8.61. The molecule has 1 aliphatic heterocycles. The summed E-state index contributed by atoms with van der Waals surface area (Å²) in [6, 6.07) is 5.80. The number of aryl methyl sites for hydroxylation is 1. The predicted molar refractivity (Wildman–Crippen MR) is 93.6 cm³/mol. The highest BCUT2D eigenvalue weighted by molar-refractivity contribution is 5.89. The molecule has 0 spiro atoms. The van der Waals surface area contributed by atoms with Gasteiger partial charge in [0.05, 0.1) is 43.0 Å². The van der Waals surface area contributed by atoms with Crippen molar-refractivity contribution in [2.75, 3.05) is 13.7 Å². The van der Waals surface area contributed by atoms with Gasteiger partial charge >= 0.3 is 5.97 Å². The second-order valence-corrected chi connectivity index (χ2v) is 5.91. The van der Waals surface area contributed by atoms with E-state index >= 15 is 0 Å². The first-order chi connectivity index (χ1) is 12.7. The van der Waals surface area contributed by atoms with Crippen molar-refractivity contribution in [1.29, 1.82) is 0 Å². The molecule has 1 aliphatic rings. The molecule has 3 heterocycles. The van der Waals surface area contributed by atoms with E-state index in [0.29, 0.717) is 18.8 Å². The van der Waals surface area contributed by atoms with Gasteiger partial charge in [-0.15, -0.1) is 5.10 Å². The van der Waals surface area contributed by atoms with Crippen LogP contribution in [0.15, 0.2) is 24.5 Å². The van der Waals surface area contributed by atoms with Crippen molar-refractivity contribution in [3.63, 3.8) is 0 Å². The highest BCUT2D eigenvalue weighted by Crippen LogP contribution is 2.36. The molecule has 0 saturated heterocycles. The first-order valence-electron chi connectivity index (χ1n) is 8.52. The molecule has 1 aromatic carbocycles. The number of ether oxygens (including phenoxy) is 2. The Hall–Kier alpha value is -3.16. The molecule has 0 radical (unpaired) electrons. The minimum Gasteiger partial charge on any atom is -0.497 e. The Bertz CT molecular complexity index is 989. The monoisotopic (exact) mass is 353 g/mol. The molecule has 8 nitrogen and oxygen atoms in total. The minimum absolute atomic E-state index is 0.299. The van der Waals surface area contributed by atoms with Crippen molar-refractivity contribution in [3.8, 4) is 22.7 Å². The molecular formula is C18H19N5O3. The van der Waals surface area contributed by atoms with Gasteiger partial charge in [-0.3, -0.25) is 4.57 Å². The number of aromatic nitrogens is 5. The number of carbonyl (C=O) groups is 1. The number of fused-ring (bicyclic) bond motifs is 5. The van der Waals surface area contributed by atoms with Gasteiger partial charge in [0.15, 0.2) is 5.69 Å². The number of carbonyl (C=O) groups excluding carboxylic acids is 1. The smallest absolute Gasteiger partial charge is 0.358 e. The number of hydrogen-bond donors (Lipinski definition) is 0. The topological polar surface area (TPSA) is 84.1 Å². The zero-order valence-corrected chi connectivity index (χ0v) is 14.9. The van der Waals surface area contributed by atoms with Crippen molar-refractivity contribution < 1.29 is 14.3 Å². The van der Waals surface area contributed by atoms with Crippen LogP contribution in [0, 0.1) is 0 Å². The van der Waals surface area contributed by atoms with Crippen LogP contribution >= 0.6 is 0 Å². The number of esters is 1. The Morgan fingerprint density at radius 3 is 2.88 bits per heavy atom. The lowest BCUT2D eigenvalue weighted by Crippen LogP contribution is -2.12. The molecule has 0 unspecified atom stereocenters. The first-order valence-corrected chi connectivity index (χ1v) is 8.52.